The van der Waals surface area contributed by atoms with Gasteiger partial charge in [0.1, 0.15) is 10.7 Å². The molecule has 6 heteroatoms. The van der Waals surface area contributed by atoms with E-state index in [2.05, 4.69) is 21.9 Å². The van der Waals surface area contributed by atoms with Crippen molar-refractivity contribution in [3.8, 4) is 0 Å². The van der Waals surface area contributed by atoms with Gasteiger partial charge in [0.05, 0.1) is 0 Å². The largest absolute Gasteiger partial charge is 0.373 e. The zero-order chi connectivity index (χ0) is 14.6. The van der Waals surface area contributed by atoms with Crippen LogP contribution in [0.2, 0.25) is 0 Å². The molecule has 0 spiro atoms. The fraction of sp³-hybridized carbons (Fsp3) is 0.643. The fourth-order valence-electron chi connectivity index (χ4n) is 2.74. The first-order valence-electron chi connectivity index (χ1n) is 7.14. The minimum absolute atomic E-state index is 0.223. The molecule has 0 amide bonds. The van der Waals surface area contributed by atoms with Gasteiger partial charge in [-0.2, -0.15) is 0 Å². The van der Waals surface area contributed by atoms with Crippen LogP contribution in [0.3, 0.4) is 0 Å². The van der Waals surface area contributed by atoms with Gasteiger partial charge >= 0.3 is 0 Å². The van der Waals surface area contributed by atoms with Crippen molar-refractivity contribution in [3.63, 3.8) is 0 Å². The third-order valence-corrected chi connectivity index (χ3v) is 5.32. The summed E-state index contributed by atoms with van der Waals surface area (Å²) in [6.45, 7) is 2.77. The molecular formula is C14H23N3O2S. The lowest BCUT2D eigenvalue weighted by atomic mass is 9.83. The Labute approximate surface area is 121 Å². The van der Waals surface area contributed by atoms with Crippen LogP contribution in [-0.4, -0.2) is 27.0 Å². The van der Waals surface area contributed by atoms with Crippen LogP contribution in [0.1, 0.15) is 32.6 Å². The van der Waals surface area contributed by atoms with Crippen molar-refractivity contribution in [1.29, 1.82) is 0 Å². The molecule has 1 aromatic heterocycles. The molecule has 0 bridgehead atoms. The van der Waals surface area contributed by atoms with E-state index in [1.54, 1.807) is 19.2 Å². The van der Waals surface area contributed by atoms with Gasteiger partial charge in [-0.1, -0.05) is 19.8 Å². The molecular weight excluding hydrogens is 274 g/mol. The minimum Gasteiger partial charge on any atom is -0.373 e. The number of nitrogens with zero attached hydrogens (tertiary/aromatic N) is 1. The number of hydrogen-bond donors (Lipinski definition) is 2. The van der Waals surface area contributed by atoms with Crippen molar-refractivity contribution >= 4 is 15.8 Å². The van der Waals surface area contributed by atoms with E-state index in [1.807, 2.05) is 0 Å². The molecule has 5 nitrogen and oxygen atoms in total. The molecule has 2 rings (SSSR count). The topological polar surface area (TPSA) is 71.1 Å². The maximum atomic E-state index is 12.2. The molecule has 1 saturated carbocycles. The lowest BCUT2D eigenvalue weighted by Gasteiger charge is -2.26. The van der Waals surface area contributed by atoms with Crippen LogP contribution in [0.5, 0.6) is 0 Å². The molecule has 1 fully saturated rings. The van der Waals surface area contributed by atoms with E-state index < -0.39 is 10.0 Å². The monoisotopic (exact) mass is 297 g/mol. The maximum absolute atomic E-state index is 12.2. The summed E-state index contributed by atoms with van der Waals surface area (Å²) in [5.74, 6) is 1.82. The molecule has 2 N–H and O–H groups in total. The molecule has 0 saturated heterocycles. The summed E-state index contributed by atoms with van der Waals surface area (Å²) in [5, 5.41) is 2.87. The summed E-state index contributed by atoms with van der Waals surface area (Å²) < 4.78 is 27.1. The van der Waals surface area contributed by atoms with Gasteiger partial charge in [-0.05, 0) is 36.8 Å². The fourth-order valence-corrected chi connectivity index (χ4v) is 3.80. The van der Waals surface area contributed by atoms with Gasteiger partial charge in [0.15, 0.2) is 0 Å². The van der Waals surface area contributed by atoms with Crippen LogP contribution >= 0.6 is 0 Å². The lowest BCUT2D eigenvalue weighted by molar-refractivity contribution is 0.283. The molecule has 0 aliphatic heterocycles. The van der Waals surface area contributed by atoms with Crippen molar-refractivity contribution in [2.75, 3.05) is 18.9 Å². The van der Waals surface area contributed by atoms with Gasteiger partial charge in [0.2, 0.25) is 10.0 Å². The Bertz CT molecular complexity index is 528. The van der Waals surface area contributed by atoms with Crippen LogP contribution < -0.4 is 10.0 Å². The Hall–Kier alpha value is -1.14. The van der Waals surface area contributed by atoms with Gasteiger partial charge in [-0.3, -0.25) is 0 Å². The average Bonchev–Trinajstić information content (AvgIpc) is 2.45. The van der Waals surface area contributed by atoms with Crippen LogP contribution in [0.25, 0.3) is 0 Å². The molecule has 0 radical (unpaired) electrons. The zero-order valence-corrected chi connectivity index (χ0v) is 12.9. The quantitative estimate of drug-likeness (QED) is 0.874. The summed E-state index contributed by atoms with van der Waals surface area (Å²) in [7, 11) is -1.69. The van der Waals surface area contributed by atoms with Gasteiger partial charge in [0, 0.05) is 19.8 Å². The van der Waals surface area contributed by atoms with Gasteiger partial charge < -0.3 is 5.32 Å². The Morgan fingerprint density at radius 1 is 1.35 bits per heavy atom. The summed E-state index contributed by atoms with van der Waals surface area (Å²) in [4.78, 5) is 4.26. The van der Waals surface area contributed by atoms with Crippen molar-refractivity contribution in [2.45, 2.75) is 37.5 Å². The van der Waals surface area contributed by atoms with E-state index in [4.69, 9.17) is 0 Å². The number of hydrogen-bond acceptors (Lipinski definition) is 4. The standard InChI is InChI=1S/C14H23N3O2S/c1-11-4-3-5-12(8-11)9-17-20(18,19)13-6-7-14(15-2)16-10-13/h6-7,10-12,17H,3-5,8-9H2,1-2H3,(H,15,16). The summed E-state index contributed by atoms with van der Waals surface area (Å²) in [6, 6.07) is 3.24. The third-order valence-electron chi connectivity index (χ3n) is 3.91. The van der Waals surface area contributed by atoms with Crippen LogP contribution in [0.15, 0.2) is 23.2 Å². The SMILES string of the molecule is CNc1ccc(S(=O)(=O)NCC2CCCC(C)C2)cn1. The summed E-state index contributed by atoms with van der Waals surface area (Å²) in [5.41, 5.74) is 0. The highest BCUT2D eigenvalue weighted by Gasteiger charge is 2.21. The molecule has 112 valence electrons. The van der Waals surface area contributed by atoms with Crippen LogP contribution in [-0.2, 0) is 10.0 Å². The molecule has 1 aliphatic carbocycles. The maximum Gasteiger partial charge on any atom is 0.242 e. The minimum atomic E-state index is -3.44. The number of aromatic nitrogens is 1. The molecule has 1 aromatic rings. The molecule has 1 aliphatic rings. The van der Waals surface area contributed by atoms with E-state index >= 15 is 0 Å². The second-order valence-electron chi connectivity index (χ2n) is 5.62. The first-order valence-corrected chi connectivity index (χ1v) is 8.63. The predicted octanol–water partition coefficient (Wildman–Crippen LogP) is 2.23. The first-order chi connectivity index (χ1) is 9.51. The van der Waals surface area contributed by atoms with Gasteiger partial charge in [-0.15, -0.1) is 0 Å². The van der Waals surface area contributed by atoms with E-state index in [0.29, 0.717) is 24.2 Å². The number of anilines is 1. The highest BCUT2D eigenvalue weighted by molar-refractivity contribution is 7.89. The van der Waals surface area contributed by atoms with Gasteiger partial charge in [-0.25, -0.2) is 18.1 Å². The molecule has 20 heavy (non-hydrogen) atoms. The lowest BCUT2D eigenvalue weighted by Crippen LogP contribution is -2.31. The van der Waals surface area contributed by atoms with E-state index in [9.17, 15) is 8.42 Å². The number of pyridine rings is 1. The highest BCUT2D eigenvalue weighted by Crippen LogP contribution is 2.28. The van der Waals surface area contributed by atoms with Crippen molar-refractivity contribution in [3.05, 3.63) is 18.3 Å². The Kier molecular flexibility index (Phi) is 4.99. The third kappa shape index (κ3) is 3.93. The second-order valence-corrected chi connectivity index (χ2v) is 7.39. The second kappa shape index (κ2) is 6.54. The first kappa shape index (κ1) is 15.3. The van der Waals surface area contributed by atoms with Crippen LogP contribution in [0, 0.1) is 11.8 Å². The summed E-state index contributed by atoms with van der Waals surface area (Å²) in [6.07, 6.45) is 6.07. The summed E-state index contributed by atoms with van der Waals surface area (Å²) >= 11 is 0. The molecule has 0 aromatic carbocycles. The Morgan fingerprint density at radius 3 is 2.75 bits per heavy atom. The molecule has 1 heterocycles. The molecule has 2 unspecified atom stereocenters. The van der Waals surface area contributed by atoms with Gasteiger partial charge in [0.25, 0.3) is 0 Å². The Morgan fingerprint density at radius 2 is 2.15 bits per heavy atom. The van der Waals surface area contributed by atoms with Crippen molar-refractivity contribution in [1.82, 2.24) is 9.71 Å². The number of nitrogens with one attached hydrogen (secondary N) is 2. The molecule has 2 atom stereocenters. The smallest absolute Gasteiger partial charge is 0.242 e. The normalized spacial score (nSPS) is 23.5. The zero-order valence-electron chi connectivity index (χ0n) is 12.1. The van der Waals surface area contributed by atoms with E-state index in [0.717, 1.165) is 12.8 Å². The highest BCUT2D eigenvalue weighted by atomic mass is 32.2. The van der Waals surface area contributed by atoms with Crippen molar-refractivity contribution < 1.29 is 8.42 Å². The average molecular weight is 297 g/mol. The van der Waals surface area contributed by atoms with E-state index in [-0.39, 0.29) is 4.90 Å². The number of sulfonamides is 1. The van der Waals surface area contributed by atoms with E-state index in [1.165, 1.54) is 19.0 Å². The predicted molar refractivity (Wildman–Crippen MR) is 80.1 cm³/mol. The number of rotatable bonds is 5. The van der Waals surface area contributed by atoms with Crippen molar-refractivity contribution in [2.24, 2.45) is 11.8 Å². The Balaban J connectivity index is 1.96. The van der Waals surface area contributed by atoms with Crippen LogP contribution in [0.4, 0.5) is 5.82 Å².